The number of methoxy groups -OCH3 is 1. The maximum absolute atomic E-state index is 9.41. The summed E-state index contributed by atoms with van der Waals surface area (Å²) in [5.41, 5.74) is 0.738. The highest BCUT2D eigenvalue weighted by molar-refractivity contribution is 5.45. The molecule has 2 rings (SSSR count). The van der Waals surface area contributed by atoms with Crippen LogP contribution in [0.4, 0.5) is 0 Å². The van der Waals surface area contributed by atoms with Gasteiger partial charge in [0, 0.05) is 5.41 Å². The Kier molecular flexibility index (Phi) is 3.78. The number of rotatable bonds is 5. The summed E-state index contributed by atoms with van der Waals surface area (Å²) in [6.07, 6.45) is 0.103. The molecule has 1 heterocycles. The summed E-state index contributed by atoms with van der Waals surface area (Å²) >= 11 is 0. The van der Waals surface area contributed by atoms with Crippen LogP contribution in [0.3, 0.4) is 0 Å². The fraction of sp³-hybridized carbons (Fsp3) is 0.571. The fourth-order valence-corrected chi connectivity index (χ4v) is 1.74. The van der Waals surface area contributed by atoms with Crippen molar-refractivity contribution in [1.82, 2.24) is 0 Å². The molecule has 100 valence electrons. The van der Waals surface area contributed by atoms with Gasteiger partial charge in [-0.2, -0.15) is 0 Å². The van der Waals surface area contributed by atoms with Crippen LogP contribution in [0.2, 0.25) is 0 Å². The Bertz CT molecular complexity index is 410. The minimum Gasteiger partial charge on any atom is -0.493 e. The standard InChI is InChI=1S/C14H20O4/c1-14(2,9-15)10-4-5-12(16-3)13(6-10)18-11-7-17-8-11/h4-6,11,15H,7-9H2,1-3H3. The van der Waals surface area contributed by atoms with Crippen LogP contribution in [0.25, 0.3) is 0 Å². The van der Waals surface area contributed by atoms with Crippen molar-refractivity contribution in [2.24, 2.45) is 0 Å². The average Bonchev–Trinajstić information content (AvgIpc) is 2.33. The van der Waals surface area contributed by atoms with E-state index in [4.69, 9.17) is 14.2 Å². The van der Waals surface area contributed by atoms with Gasteiger partial charge in [-0.3, -0.25) is 0 Å². The lowest BCUT2D eigenvalue weighted by Crippen LogP contribution is -2.38. The van der Waals surface area contributed by atoms with Crippen LogP contribution in [-0.2, 0) is 10.2 Å². The third kappa shape index (κ3) is 2.60. The van der Waals surface area contributed by atoms with E-state index in [9.17, 15) is 5.11 Å². The number of aliphatic hydroxyl groups is 1. The van der Waals surface area contributed by atoms with E-state index < -0.39 is 0 Å². The predicted molar refractivity (Wildman–Crippen MR) is 68.3 cm³/mol. The third-order valence-corrected chi connectivity index (χ3v) is 3.24. The lowest BCUT2D eigenvalue weighted by Gasteiger charge is -2.29. The van der Waals surface area contributed by atoms with Crippen molar-refractivity contribution in [2.75, 3.05) is 26.9 Å². The monoisotopic (exact) mass is 252 g/mol. The summed E-state index contributed by atoms with van der Waals surface area (Å²) in [5, 5.41) is 9.41. The zero-order valence-corrected chi connectivity index (χ0v) is 11.1. The fourth-order valence-electron chi connectivity index (χ4n) is 1.74. The second-order valence-electron chi connectivity index (χ2n) is 5.18. The van der Waals surface area contributed by atoms with Crippen LogP contribution < -0.4 is 9.47 Å². The Morgan fingerprint density at radius 1 is 1.33 bits per heavy atom. The van der Waals surface area contributed by atoms with Gasteiger partial charge in [0.1, 0.15) is 6.10 Å². The summed E-state index contributed by atoms with van der Waals surface area (Å²) in [7, 11) is 1.62. The molecular weight excluding hydrogens is 232 g/mol. The molecule has 4 heteroatoms. The highest BCUT2D eigenvalue weighted by atomic mass is 16.6. The first-order valence-corrected chi connectivity index (χ1v) is 6.10. The van der Waals surface area contributed by atoms with E-state index in [1.807, 2.05) is 32.0 Å². The van der Waals surface area contributed by atoms with Crippen LogP contribution in [-0.4, -0.2) is 38.1 Å². The van der Waals surface area contributed by atoms with E-state index in [0.29, 0.717) is 24.7 Å². The number of hydrogen-bond acceptors (Lipinski definition) is 4. The molecule has 0 spiro atoms. The van der Waals surface area contributed by atoms with Gasteiger partial charge in [-0.25, -0.2) is 0 Å². The molecule has 0 atom stereocenters. The zero-order valence-electron chi connectivity index (χ0n) is 11.1. The SMILES string of the molecule is COc1ccc(C(C)(C)CO)cc1OC1COC1. The van der Waals surface area contributed by atoms with Gasteiger partial charge in [0.25, 0.3) is 0 Å². The van der Waals surface area contributed by atoms with Gasteiger partial charge in [-0.15, -0.1) is 0 Å². The molecule has 0 unspecified atom stereocenters. The number of hydrogen-bond donors (Lipinski definition) is 1. The first kappa shape index (κ1) is 13.2. The minimum absolute atomic E-state index is 0.0886. The van der Waals surface area contributed by atoms with Crippen LogP contribution >= 0.6 is 0 Å². The second kappa shape index (κ2) is 5.16. The van der Waals surface area contributed by atoms with Gasteiger partial charge in [0.15, 0.2) is 11.5 Å². The van der Waals surface area contributed by atoms with E-state index in [2.05, 4.69) is 0 Å². The Labute approximate surface area is 107 Å². The second-order valence-corrected chi connectivity index (χ2v) is 5.18. The number of ether oxygens (including phenoxy) is 3. The van der Waals surface area contributed by atoms with E-state index in [-0.39, 0.29) is 18.1 Å². The zero-order chi connectivity index (χ0) is 13.2. The Morgan fingerprint density at radius 3 is 2.56 bits per heavy atom. The Morgan fingerprint density at radius 2 is 2.06 bits per heavy atom. The van der Waals surface area contributed by atoms with Crippen molar-refractivity contribution in [3.63, 3.8) is 0 Å². The highest BCUT2D eigenvalue weighted by Gasteiger charge is 2.24. The summed E-state index contributed by atoms with van der Waals surface area (Å²) < 4.78 is 16.2. The lowest BCUT2D eigenvalue weighted by atomic mass is 9.85. The molecule has 1 saturated heterocycles. The van der Waals surface area contributed by atoms with Crippen molar-refractivity contribution >= 4 is 0 Å². The molecule has 1 aromatic rings. The normalized spacial score (nSPS) is 16.2. The summed E-state index contributed by atoms with van der Waals surface area (Å²) in [5.74, 6) is 1.42. The molecule has 1 aliphatic heterocycles. The van der Waals surface area contributed by atoms with Gasteiger partial charge in [-0.1, -0.05) is 19.9 Å². The van der Waals surface area contributed by atoms with Crippen LogP contribution in [0, 0.1) is 0 Å². The van der Waals surface area contributed by atoms with Crippen molar-refractivity contribution in [2.45, 2.75) is 25.4 Å². The van der Waals surface area contributed by atoms with Gasteiger partial charge in [0.05, 0.1) is 26.9 Å². The largest absolute Gasteiger partial charge is 0.493 e. The molecule has 0 aromatic heterocycles. The molecule has 1 N–H and O–H groups in total. The minimum atomic E-state index is -0.291. The first-order chi connectivity index (χ1) is 8.56. The summed E-state index contributed by atoms with van der Waals surface area (Å²) in [4.78, 5) is 0. The van der Waals surface area contributed by atoms with Crippen molar-refractivity contribution < 1.29 is 19.3 Å². The van der Waals surface area contributed by atoms with Gasteiger partial charge < -0.3 is 19.3 Å². The summed E-state index contributed by atoms with van der Waals surface area (Å²) in [6, 6.07) is 5.77. The van der Waals surface area contributed by atoms with E-state index in [1.165, 1.54) is 0 Å². The Balaban J connectivity index is 2.26. The predicted octanol–water partition coefficient (Wildman–Crippen LogP) is 1.74. The van der Waals surface area contributed by atoms with E-state index >= 15 is 0 Å². The smallest absolute Gasteiger partial charge is 0.162 e. The van der Waals surface area contributed by atoms with Gasteiger partial charge in [-0.05, 0) is 17.7 Å². The van der Waals surface area contributed by atoms with Gasteiger partial charge >= 0.3 is 0 Å². The van der Waals surface area contributed by atoms with Crippen LogP contribution in [0.1, 0.15) is 19.4 Å². The maximum Gasteiger partial charge on any atom is 0.162 e. The van der Waals surface area contributed by atoms with Crippen LogP contribution in [0.15, 0.2) is 18.2 Å². The average molecular weight is 252 g/mol. The first-order valence-electron chi connectivity index (χ1n) is 6.10. The van der Waals surface area contributed by atoms with Crippen molar-refractivity contribution in [3.8, 4) is 11.5 Å². The molecule has 1 fully saturated rings. The molecule has 1 aromatic carbocycles. The molecule has 0 bridgehead atoms. The van der Waals surface area contributed by atoms with E-state index in [1.54, 1.807) is 7.11 Å². The van der Waals surface area contributed by atoms with Crippen LogP contribution in [0.5, 0.6) is 11.5 Å². The van der Waals surface area contributed by atoms with Crippen molar-refractivity contribution in [3.05, 3.63) is 23.8 Å². The molecule has 1 aliphatic rings. The third-order valence-electron chi connectivity index (χ3n) is 3.24. The number of aliphatic hydroxyl groups excluding tert-OH is 1. The molecule has 0 radical (unpaired) electrons. The van der Waals surface area contributed by atoms with Gasteiger partial charge in [0.2, 0.25) is 0 Å². The number of benzene rings is 1. The topological polar surface area (TPSA) is 47.9 Å². The quantitative estimate of drug-likeness (QED) is 0.867. The molecule has 0 amide bonds. The van der Waals surface area contributed by atoms with Crippen molar-refractivity contribution in [1.29, 1.82) is 0 Å². The van der Waals surface area contributed by atoms with E-state index in [0.717, 1.165) is 5.56 Å². The lowest BCUT2D eigenvalue weighted by molar-refractivity contribution is -0.0803. The maximum atomic E-state index is 9.41. The Hall–Kier alpha value is -1.26. The highest BCUT2D eigenvalue weighted by Crippen LogP contribution is 2.34. The molecule has 4 nitrogen and oxygen atoms in total. The molecule has 0 saturated carbocycles. The molecule has 0 aliphatic carbocycles. The molecular formula is C14H20O4. The molecule has 18 heavy (non-hydrogen) atoms. The summed E-state index contributed by atoms with van der Waals surface area (Å²) in [6.45, 7) is 5.31.